The number of nitriles is 1. The van der Waals surface area contributed by atoms with E-state index in [2.05, 4.69) is 32.0 Å². The summed E-state index contributed by atoms with van der Waals surface area (Å²) in [7, 11) is 1.60. The van der Waals surface area contributed by atoms with Gasteiger partial charge in [0, 0.05) is 30.7 Å². The Morgan fingerprint density at radius 1 is 1.07 bits per heavy atom. The highest BCUT2D eigenvalue weighted by molar-refractivity contribution is 5.91. The van der Waals surface area contributed by atoms with Gasteiger partial charge in [-0.05, 0) is 79.1 Å². The summed E-state index contributed by atoms with van der Waals surface area (Å²) in [5, 5.41) is 17.9. The molecule has 1 heterocycles. The van der Waals surface area contributed by atoms with Crippen LogP contribution >= 0.6 is 0 Å². The number of carbonyl (C=O) groups excluding carboxylic acids is 1. The molecule has 0 aliphatic heterocycles. The maximum Gasteiger partial charge on any atom is 0.243 e. The predicted molar refractivity (Wildman–Crippen MR) is 119 cm³/mol. The lowest BCUT2D eigenvalue weighted by Crippen LogP contribution is -2.13. The number of likely N-dealkylation sites (N-methyl/N-ethyl adjacent to an activating group) is 1. The fraction of sp³-hybridized carbons (Fsp3) is 0.130. The molecule has 150 valence electrons. The Kier molecular flexibility index (Phi) is 6.40. The lowest BCUT2D eigenvalue weighted by molar-refractivity contribution is -0.115. The number of benzene rings is 2. The Labute approximate surface area is 175 Å². The molecule has 7 heteroatoms. The Hall–Kier alpha value is -4.18. The van der Waals surface area contributed by atoms with Gasteiger partial charge in [-0.3, -0.25) is 4.79 Å². The molecule has 0 aliphatic rings. The van der Waals surface area contributed by atoms with Crippen LogP contribution in [0.15, 0.2) is 54.7 Å². The van der Waals surface area contributed by atoms with E-state index in [-0.39, 0.29) is 5.91 Å². The van der Waals surface area contributed by atoms with Crippen molar-refractivity contribution in [3.63, 3.8) is 0 Å². The molecular formula is C23H22N6O. The number of carbonyl (C=O) groups is 1. The summed E-state index contributed by atoms with van der Waals surface area (Å²) in [6.45, 7) is 4.01. The summed E-state index contributed by atoms with van der Waals surface area (Å²) < 4.78 is 0. The Morgan fingerprint density at radius 3 is 2.40 bits per heavy atom. The van der Waals surface area contributed by atoms with Crippen LogP contribution in [0.2, 0.25) is 0 Å². The molecule has 7 nitrogen and oxygen atoms in total. The SMILES string of the molecule is CNC(=O)C=Cc1cc(C)c(Nc2ccnc(Nc3ccc(C#N)cc3)n2)c(C)c1. The van der Waals surface area contributed by atoms with Gasteiger partial charge >= 0.3 is 0 Å². The lowest BCUT2D eigenvalue weighted by Gasteiger charge is -2.14. The summed E-state index contributed by atoms with van der Waals surface area (Å²) >= 11 is 0. The van der Waals surface area contributed by atoms with Crippen molar-refractivity contribution in [1.82, 2.24) is 15.3 Å². The van der Waals surface area contributed by atoms with E-state index in [9.17, 15) is 4.79 Å². The average Bonchev–Trinajstić information content (AvgIpc) is 2.75. The van der Waals surface area contributed by atoms with Gasteiger partial charge in [0.05, 0.1) is 11.6 Å². The molecule has 0 saturated carbocycles. The van der Waals surface area contributed by atoms with Crippen molar-refractivity contribution in [1.29, 1.82) is 5.26 Å². The van der Waals surface area contributed by atoms with E-state index in [0.29, 0.717) is 17.3 Å². The van der Waals surface area contributed by atoms with Gasteiger partial charge in [0.1, 0.15) is 5.82 Å². The first kappa shape index (κ1) is 20.6. The summed E-state index contributed by atoms with van der Waals surface area (Å²) in [5.41, 5.74) is 5.36. The fourth-order valence-electron chi connectivity index (χ4n) is 2.92. The topological polar surface area (TPSA) is 103 Å². The van der Waals surface area contributed by atoms with E-state index in [1.807, 2.05) is 26.0 Å². The van der Waals surface area contributed by atoms with Crippen molar-refractivity contribution in [2.24, 2.45) is 0 Å². The van der Waals surface area contributed by atoms with E-state index in [1.165, 1.54) is 6.08 Å². The molecule has 0 saturated heterocycles. The minimum atomic E-state index is -0.143. The van der Waals surface area contributed by atoms with Crippen LogP contribution in [-0.4, -0.2) is 22.9 Å². The Balaban J connectivity index is 1.77. The first-order valence-corrected chi connectivity index (χ1v) is 9.37. The third kappa shape index (κ3) is 5.20. The highest BCUT2D eigenvalue weighted by Crippen LogP contribution is 2.26. The third-order valence-corrected chi connectivity index (χ3v) is 4.41. The second kappa shape index (κ2) is 9.34. The van der Waals surface area contributed by atoms with Crippen LogP contribution in [0.25, 0.3) is 6.08 Å². The number of aromatic nitrogens is 2. The van der Waals surface area contributed by atoms with Crippen molar-refractivity contribution in [3.8, 4) is 6.07 Å². The quantitative estimate of drug-likeness (QED) is 0.538. The number of aryl methyl sites for hydroxylation is 2. The van der Waals surface area contributed by atoms with Gasteiger partial charge in [-0.25, -0.2) is 4.98 Å². The first-order chi connectivity index (χ1) is 14.5. The number of amides is 1. The molecule has 3 N–H and O–H groups in total. The highest BCUT2D eigenvalue weighted by atomic mass is 16.1. The highest BCUT2D eigenvalue weighted by Gasteiger charge is 2.07. The predicted octanol–water partition coefficient (Wildman–Crippen LogP) is 4.21. The van der Waals surface area contributed by atoms with Crippen molar-refractivity contribution >= 4 is 35.1 Å². The molecule has 30 heavy (non-hydrogen) atoms. The van der Waals surface area contributed by atoms with E-state index >= 15 is 0 Å². The minimum absolute atomic E-state index is 0.143. The van der Waals surface area contributed by atoms with Crippen molar-refractivity contribution in [2.45, 2.75) is 13.8 Å². The van der Waals surface area contributed by atoms with Gasteiger partial charge in [-0.15, -0.1) is 0 Å². The molecular weight excluding hydrogens is 376 g/mol. The van der Waals surface area contributed by atoms with Crippen molar-refractivity contribution in [3.05, 3.63) is 77.0 Å². The van der Waals surface area contributed by atoms with Crippen LogP contribution in [0, 0.1) is 25.2 Å². The smallest absolute Gasteiger partial charge is 0.243 e. The Bertz CT molecular complexity index is 1110. The molecule has 0 unspecified atom stereocenters. The van der Waals surface area contributed by atoms with Gasteiger partial charge in [0.15, 0.2) is 0 Å². The fourth-order valence-corrected chi connectivity index (χ4v) is 2.92. The molecule has 0 spiro atoms. The van der Waals surface area contributed by atoms with Gasteiger partial charge in [0.25, 0.3) is 0 Å². The summed E-state index contributed by atoms with van der Waals surface area (Å²) in [6.07, 6.45) is 4.96. The van der Waals surface area contributed by atoms with Crippen LogP contribution in [0.1, 0.15) is 22.3 Å². The van der Waals surface area contributed by atoms with Crippen LogP contribution in [0.3, 0.4) is 0 Å². The molecule has 0 atom stereocenters. The molecule has 1 aromatic heterocycles. The summed E-state index contributed by atoms with van der Waals surface area (Å²) in [4.78, 5) is 20.2. The van der Waals surface area contributed by atoms with Gasteiger partial charge < -0.3 is 16.0 Å². The normalized spacial score (nSPS) is 10.5. The number of rotatable bonds is 6. The lowest BCUT2D eigenvalue weighted by atomic mass is 10.0. The number of hydrogen-bond acceptors (Lipinski definition) is 6. The van der Waals surface area contributed by atoms with Crippen LogP contribution in [0.4, 0.5) is 23.1 Å². The van der Waals surface area contributed by atoms with E-state index in [1.54, 1.807) is 49.7 Å². The summed E-state index contributed by atoms with van der Waals surface area (Å²) in [5.74, 6) is 0.960. The van der Waals surface area contributed by atoms with Crippen molar-refractivity contribution < 1.29 is 4.79 Å². The van der Waals surface area contributed by atoms with E-state index in [0.717, 1.165) is 28.1 Å². The van der Waals surface area contributed by atoms with Crippen LogP contribution in [0.5, 0.6) is 0 Å². The maximum absolute atomic E-state index is 11.4. The van der Waals surface area contributed by atoms with Gasteiger partial charge in [-0.2, -0.15) is 10.2 Å². The standard InChI is InChI=1S/C23H22N6O/c1-15-12-18(6-9-21(30)25-3)13-16(2)22(15)28-20-10-11-26-23(29-20)27-19-7-4-17(14-24)5-8-19/h4-13H,1-3H3,(H,25,30)(H2,26,27,28,29). The molecule has 0 bridgehead atoms. The molecule has 3 rings (SSSR count). The number of anilines is 4. The van der Waals surface area contributed by atoms with Crippen LogP contribution in [-0.2, 0) is 4.79 Å². The number of nitrogens with zero attached hydrogens (tertiary/aromatic N) is 3. The minimum Gasteiger partial charge on any atom is -0.356 e. The van der Waals surface area contributed by atoms with Crippen molar-refractivity contribution in [2.75, 3.05) is 17.7 Å². The molecule has 0 fully saturated rings. The van der Waals surface area contributed by atoms with Crippen LogP contribution < -0.4 is 16.0 Å². The zero-order valence-electron chi connectivity index (χ0n) is 17.0. The summed E-state index contributed by atoms with van der Waals surface area (Å²) in [6, 6.07) is 15.0. The van der Waals surface area contributed by atoms with Gasteiger partial charge in [-0.1, -0.05) is 0 Å². The Morgan fingerprint density at radius 2 is 1.77 bits per heavy atom. The molecule has 3 aromatic rings. The monoisotopic (exact) mass is 398 g/mol. The molecule has 0 aliphatic carbocycles. The first-order valence-electron chi connectivity index (χ1n) is 9.37. The second-order valence-corrected chi connectivity index (χ2v) is 6.68. The molecule has 0 radical (unpaired) electrons. The van der Waals surface area contributed by atoms with Gasteiger partial charge in [0.2, 0.25) is 11.9 Å². The molecule has 1 amide bonds. The number of hydrogen-bond donors (Lipinski definition) is 3. The van der Waals surface area contributed by atoms with E-state index < -0.39 is 0 Å². The third-order valence-electron chi connectivity index (χ3n) is 4.41. The maximum atomic E-state index is 11.4. The second-order valence-electron chi connectivity index (χ2n) is 6.68. The van der Waals surface area contributed by atoms with E-state index in [4.69, 9.17) is 5.26 Å². The zero-order chi connectivity index (χ0) is 21.5. The molecule has 2 aromatic carbocycles. The largest absolute Gasteiger partial charge is 0.356 e. The zero-order valence-corrected chi connectivity index (χ0v) is 17.0. The number of nitrogens with one attached hydrogen (secondary N) is 3. The average molecular weight is 398 g/mol.